The van der Waals surface area contributed by atoms with Crippen LogP contribution in [0.2, 0.25) is 5.02 Å². The number of halogens is 3. The van der Waals surface area contributed by atoms with Crippen molar-refractivity contribution in [3.8, 4) is 0 Å². The van der Waals surface area contributed by atoms with Crippen LogP contribution in [0.15, 0.2) is 41.8 Å². The number of aromatic nitrogens is 5. The molecule has 1 saturated heterocycles. The summed E-state index contributed by atoms with van der Waals surface area (Å²) in [5.74, 6) is -0.0812. The molecule has 0 saturated carbocycles. The standard InChI is InChI=1S/C19H17ClF2N6O2S/c20-13-2-1-4-23-17(13)19(10-30-11-19)18(29)26-6-12-7-28(24-14(12)8-26)31-16-3-5-27(25-16)9-15(21)22/h1-5,7,15H,6,8-11H2. The first-order chi connectivity index (χ1) is 14.9. The van der Waals surface area contributed by atoms with Gasteiger partial charge in [0.2, 0.25) is 5.91 Å². The van der Waals surface area contributed by atoms with Crippen LogP contribution in [0.5, 0.6) is 0 Å². The van der Waals surface area contributed by atoms with E-state index in [0.717, 1.165) is 11.3 Å². The lowest BCUT2D eigenvalue weighted by Crippen LogP contribution is -2.58. The number of alkyl halides is 2. The monoisotopic (exact) mass is 466 g/mol. The van der Waals surface area contributed by atoms with E-state index >= 15 is 0 Å². The van der Waals surface area contributed by atoms with Crippen molar-refractivity contribution < 1.29 is 18.3 Å². The van der Waals surface area contributed by atoms with Crippen LogP contribution in [0, 0.1) is 0 Å². The highest BCUT2D eigenvalue weighted by molar-refractivity contribution is 7.97. The van der Waals surface area contributed by atoms with Crippen LogP contribution in [0.3, 0.4) is 0 Å². The lowest BCUT2D eigenvalue weighted by Gasteiger charge is -2.41. The third-order valence-corrected chi connectivity index (χ3v) is 6.38. The first kappa shape index (κ1) is 20.4. The van der Waals surface area contributed by atoms with Gasteiger partial charge in [0.15, 0.2) is 0 Å². The lowest BCUT2D eigenvalue weighted by molar-refractivity contribution is -0.157. The van der Waals surface area contributed by atoms with Crippen LogP contribution >= 0.6 is 23.5 Å². The summed E-state index contributed by atoms with van der Waals surface area (Å²) < 4.78 is 33.2. The van der Waals surface area contributed by atoms with Crippen LogP contribution in [0.25, 0.3) is 0 Å². The van der Waals surface area contributed by atoms with E-state index in [0.29, 0.717) is 28.8 Å². The van der Waals surface area contributed by atoms with Gasteiger partial charge in [-0.2, -0.15) is 10.2 Å². The highest BCUT2D eigenvalue weighted by Gasteiger charge is 2.52. The number of carbonyl (C=O) groups is 1. The van der Waals surface area contributed by atoms with Crippen LogP contribution in [-0.2, 0) is 34.6 Å². The Bertz CT molecular complexity index is 1110. The van der Waals surface area contributed by atoms with Gasteiger partial charge in [-0.05, 0) is 18.2 Å². The molecule has 0 unspecified atom stereocenters. The predicted octanol–water partition coefficient (Wildman–Crippen LogP) is 2.76. The van der Waals surface area contributed by atoms with Gasteiger partial charge in [0.25, 0.3) is 6.43 Å². The topological polar surface area (TPSA) is 78.1 Å². The van der Waals surface area contributed by atoms with Crippen molar-refractivity contribution >= 4 is 29.5 Å². The highest BCUT2D eigenvalue weighted by Crippen LogP contribution is 2.39. The number of fused-ring (bicyclic) bond motifs is 1. The number of hydrogen-bond acceptors (Lipinski definition) is 6. The summed E-state index contributed by atoms with van der Waals surface area (Å²) in [4.78, 5) is 19.4. The van der Waals surface area contributed by atoms with Gasteiger partial charge in [0.1, 0.15) is 17.0 Å². The summed E-state index contributed by atoms with van der Waals surface area (Å²) in [7, 11) is 0. The molecule has 0 aromatic carbocycles. The molecule has 3 aromatic heterocycles. The largest absolute Gasteiger partial charge is 0.378 e. The minimum absolute atomic E-state index is 0.0812. The summed E-state index contributed by atoms with van der Waals surface area (Å²) in [6, 6.07) is 5.11. The normalized spacial score (nSPS) is 17.1. The maximum Gasteiger partial charge on any atom is 0.257 e. The Hall–Kier alpha value is -2.50. The fourth-order valence-electron chi connectivity index (χ4n) is 3.76. The quantitative estimate of drug-likeness (QED) is 0.556. The Morgan fingerprint density at radius 3 is 2.81 bits per heavy atom. The molecule has 0 N–H and O–H groups in total. The van der Waals surface area contributed by atoms with Crippen molar-refractivity contribution in [2.75, 3.05) is 13.2 Å². The zero-order valence-electron chi connectivity index (χ0n) is 16.1. The number of nitrogens with zero attached hydrogens (tertiary/aromatic N) is 6. The van der Waals surface area contributed by atoms with Crippen molar-refractivity contribution in [1.29, 1.82) is 0 Å². The predicted molar refractivity (Wildman–Crippen MR) is 108 cm³/mol. The number of ether oxygens (including phenoxy) is 1. The molecule has 162 valence electrons. The first-order valence-corrected chi connectivity index (χ1v) is 10.7. The van der Waals surface area contributed by atoms with Gasteiger partial charge in [0, 0.05) is 42.6 Å². The fourth-order valence-corrected chi connectivity index (χ4v) is 4.83. The molecule has 5 heterocycles. The van der Waals surface area contributed by atoms with Crippen LogP contribution in [0.4, 0.5) is 8.78 Å². The molecular formula is C19H17ClF2N6O2S. The molecule has 0 bridgehead atoms. The Labute approximate surface area is 185 Å². The first-order valence-electron chi connectivity index (χ1n) is 9.50. The number of amides is 1. The maximum absolute atomic E-state index is 13.4. The second-order valence-corrected chi connectivity index (χ2v) is 8.81. The highest BCUT2D eigenvalue weighted by atomic mass is 35.5. The average molecular weight is 467 g/mol. The number of rotatable bonds is 6. The van der Waals surface area contributed by atoms with Gasteiger partial charge < -0.3 is 9.64 Å². The average Bonchev–Trinajstić information content (AvgIpc) is 3.37. The second kappa shape index (κ2) is 7.88. The molecule has 31 heavy (non-hydrogen) atoms. The van der Waals surface area contributed by atoms with E-state index in [1.165, 1.54) is 22.8 Å². The number of pyridine rings is 1. The van der Waals surface area contributed by atoms with Crippen molar-refractivity contribution in [2.24, 2.45) is 0 Å². The number of carbonyl (C=O) groups excluding carboxylic acids is 1. The van der Waals surface area contributed by atoms with Gasteiger partial charge >= 0.3 is 0 Å². The second-order valence-electron chi connectivity index (χ2n) is 7.43. The third kappa shape index (κ3) is 3.70. The van der Waals surface area contributed by atoms with E-state index in [4.69, 9.17) is 16.3 Å². The molecular weight excluding hydrogens is 450 g/mol. The van der Waals surface area contributed by atoms with Crippen molar-refractivity contribution in [3.05, 3.63) is 58.8 Å². The Morgan fingerprint density at radius 1 is 1.29 bits per heavy atom. The molecule has 3 aromatic rings. The van der Waals surface area contributed by atoms with E-state index < -0.39 is 18.4 Å². The summed E-state index contributed by atoms with van der Waals surface area (Å²) >= 11 is 7.54. The molecule has 2 aliphatic rings. The SMILES string of the molecule is O=C(N1Cc2cn(Sc3ccn(CC(F)F)n3)nc2C1)C1(c2ncccc2Cl)COC1. The van der Waals surface area contributed by atoms with E-state index in [-0.39, 0.29) is 19.1 Å². The summed E-state index contributed by atoms with van der Waals surface area (Å²) in [6.07, 6.45) is 2.50. The van der Waals surface area contributed by atoms with Gasteiger partial charge in [-0.1, -0.05) is 11.6 Å². The van der Waals surface area contributed by atoms with Gasteiger partial charge in [-0.25, -0.2) is 12.9 Å². The molecule has 0 radical (unpaired) electrons. The van der Waals surface area contributed by atoms with Gasteiger partial charge in [-0.15, -0.1) is 0 Å². The van der Waals surface area contributed by atoms with E-state index in [1.807, 2.05) is 6.20 Å². The maximum atomic E-state index is 13.4. The Kier molecular flexibility index (Phi) is 5.19. The zero-order valence-corrected chi connectivity index (χ0v) is 17.7. The molecule has 0 aliphatic carbocycles. The van der Waals surface area contributed by atoms with E-state index in [9.17, 15) is 13.6 Å². The van der Waals surface area contributed by atoms with E-state index in [1.54, 1.807) is 33.4 Å². The molecule has 8 nitrogen and oxygen atoms in total. The van der Waals surface area contributed by atoms with Crippen molar-refractivity contribution in [3.63, 3.8) is 0 Å². The molecule has 1 amide bonds. The summed E-state index contributed by atoms with van der Waals surface area (Å²) in [5, 5.41) is 9.63. The third-order valence-electron chi connectivity index (χ3n) is 5.29. The molecule has 0 spiro atoms. The van der Waals surface area contributed by atoms with Crippen LogP contribution in [0.1, 0.15) is 17.0 Å². The smallest absolute Gasteiger partial charge is 0.257 e. The molecule has 0 atom stereocenters. The molecule has 2 aliphatic heterocycles. The number of hydrogen-bond donors (Lipinski definition) is 0. The minimum Gasteiger partial charge on any atom is -0.378 e. The van der Waals surface area contributed by atoms with Crippen LogP contribution < -0.4 is 0 Å². The lowest BCUT2D eigenvalue weighted by atomic mass is 9.80. The summed E-state index contributed by atoms with van der Waals surface area (Å²) in [6.45, 7) is 0.829. The van der Waals surface area contributed by atoms with E-state index in [2.05, 4.69) is 15.2 Å². The Morgan fingerprint density at radius 2 is 2.13 bits per heavy atom. The molecule has 5 rings (SSSR count). The Balaban J connectivity index is 1.28. The van der Waals surface area contributed by atoms with Gasteiger partial charge in [-0.3, -0.25) is 14.5 Å². The fraction of sp³-hybridized carbons (Fsp3) is 0.368. The van der Waals surface area contributed by atoms with Crippen LogP contribution in [-0.4, -0.2) is 54.4 Å². The van der Waals surface area contributed by atoms with Gasteiger partial charge in [0.05, 0.1) is 36.2 Å². The minimum atomic E-state index is -2.46. The molecule has 12 heteroatoms. The molecule has 1 fully saturated rings. The summed E-state index contributed by atoms with van der Waals surface area (Å²) in [5.41, 5.74) is 1.38. The van der Waals surface area contributed by atoms with Crippen molar-refractivity contribution in [2.45, 2.75) is 36.5 Å². The zero-order chi connectivity index (χ0) is 21.6. The van der Waals surface area contributed by atoms with Crippen molar-refractivity contribution in [1.82, 2.24) is 28.9 Å².